The van der Waals surface area contributed by atoms with E-state index in [2.05, 4.69) is 21.0 Å². The van der Waals surface area contributed by atoms with Crippen LogP contribution in [0.1, 0.15) is 12.5 Å². The summed E-state index contributed by atoms with van der Waals surface area (Å²) in [7, 11) is 0. The molecule has 2 aromatic carbocycles. The Morgan fingerprint density at radius 3 is 2.50 bits per heavy atom. The second-order valence-corrected chi connectivity index (χ2v) is 7.31. The third-order valence-corrected chi connectivity index (χ3v) is 4.88. The van der Waals surface area contributed by atoms with Gasteiger partial charge in [-0.15, -0.1) is 5.10 Å². The minimum absolute atomic E-state index is 0.141. The second-order valence-electron chi connectivity index (χ2n) is 5.55. The molecule has 1 aromatic heterocycles. The Bertz CT molecular complexity index is 911. The zero-order chi connectivity index (χ0) is 18.7. The van der Waals surface area contributed by atoms with Gasteiger partial charge in [-0.25, -0.2) is 4.68 Å². The molecule has 26 heavy (non-hydrogen) atoms. The second kappa shape index (κ2) is 8.44. The Kier molecular flexibility index (Phi) is 6.24. The van der Waals surface area contributed by atoms with Gasteiger partial charge in [0.25, 0.3) is 0 Å². The summed E-state index contributed by atoms with van der Waals surface area (Å²) in [6.45, 7) is 4.59. The predicted octanol–water partition coefficient (Wildman–Crippen LogP) is 6.29. The van der Waals surface area contributed by atoms with E-state index >= 15 is 0 Å². The third kappa shape index (κ3) is 4.07. The van der Waals surface area contributed by atoms with E-state index in [1.807, 2.05) is 44.2 Å². The first-order chi connectivity index (χ1) is 12.5. The Hall–Kier alpha value is -1.53. The fraction of sp³-hybridized carbons (Fsp3) is 0.211. The Balaban J connectivity index is 2.14. The third-order valence-electron chi connectivity index (χ3n) is 3.82. The molecule has 0 atom stereocenters. The molecule has 3 aromatic rings. The number of rotatable bonds is 6. The normalized spacial score (nSPS) is 11.0. The predicted molar refractivity (Wildman–Crippen MR) is 109 cm³/mol. The highest BCUT2D eigenvalue weighted by Crippen LogP contribution is 2.35. The van der Waals surface area contributed by atoms with Crippen molar-refractivity contribution in [3.05, 3.63) is 62.5 Å². The van der Waals surface area contributed by atoms with Gasteiger partial charge in [-0.1, -0.05) is 51.3 Å². The molecule has 0 bridgehead atoms. The van der Waals surface area contributed by atoms with Crippen LogP contribution in [0.15, 0.2) is 46.9 Å². The van der Waals surface area contributed by atoms with Crippen LogP contribution in [0.4, 0.5) is 0 Å². The van der Waals surface area contributed by atoms with Gasteiger partial charge in [-0.2, -0.15) is 0 Å². The zero-order valence-electron chi connectivity index (χ0n) is 14.3. The van der Waals surface area contributed by atoms with Crippen molar-refractivity contribution in [1.82, 2.24) is 9.78 Å². The molecular formula is C19H17BrCl2N2O2. The monoisotopic (exact) mass is 454 g/mol. The number of hydrogen-bond donors (Lipinski definition) is 0. The quantitative estimate of drug-likeness (QED) is 0.323. The average molecular weight is 456 g/mol. The number of nitrogens with zero attached hydrogens (tertiary/aromatic N) is 2. The van der Waals surface area contributed by atoms with E-state index < -0.39 is 0 Å². The number of aromatic nitrogens is 2. The maximum atomic E-state index is 6.42. The molecule has 0 unspecified atom stereocenters. The van der Waals surface area contributed by atoms with Gasteiger partial charge < -0.3 is 9.47 Å². The van der Waals surface area contributed by atoms with Gasteiger partial charge in [0.15, 0.2) is 6.79 Å². The molecular weight excluding hydrogens is 439 g/mol. The summed E-state index contributed by atoms with van der Waals surface area (Å²) in [5.74, 6) is 0.502. The molecule has 4 nitrogen and oxygen atoms in total. The molecule has 7 heteroatoms. The molecule has 0 amide bonds. The largest absolute Gasteiger partial charge is 0.449 e. The van der Waals surface area contributed by atoms with E-state index in [1.54, 1.807) is 16.8 Å². The van der Waals surface area contributed by atoms with Crippen molar-refractivity contribution < 1.29 is 9.47 Å². The van der Waals surface area contributed by atoms with Crippen molar-refractivity contribution in [2.24, 2.45) is 0 Å². The van der Waals surface area contributed by atoms with Crippen LogP contribution in [-0.4, -0.2) is 23.2 Å². The van der Waals surface area contributed by atoms with Crippen molar-refractivity contribution in [2.75, 3.05) is 13.4 Å². The van der Waals surface area contributed by atoms with Crippen LogP contribution in [0.3, 0.4) is 0 Å². The Morgan fingerprint density at radius 2 is 1.85 bits per heavy atom. The van der Waals surface area contributed by atoms with Crippen LogP contribution in [0.2, 0.25) is 10.0 Å². The molecule has 136 valence electrons. The van der Waals surface area contributed by atoms with Gasteiger partial charge in [-0.3, -0.25) is 0 Å². The van der Waals surface area contributed by atoms with Crippen LogP contribution in [-0.2, 0) is 4.74 Å². The maximum absolute atomic E-state index is 6.42. The number of benzene rings is 2. The summed E-state index contributed by atoms with van der Waals surface area (Å²) in [6, 6.07) is 13.3. The van der Waals surface area contributed by atoms with E-state index in [0.717, 1.165) is 27.0 Å². The lowest BCUT2D eigenvalue weighted by Crippen LogP contribution is -2.04. The Labute approximate surface area is 170 Å². The molecule has 0 aliphatic carbocycles. The molecule has 0 radical (unpaired) electrons. The molecule has 0 aliphatic heterocycles. The van der Waals surface area contributed by atoms with Gasteiger partial charge in [0.05, 0.1) is 16.4 Å². The highest BCUT2D eigenvalue weighted by atomic mass is 79.9. The van der Waals surface area contributed by atoms with Crippen LogP contribution >= 0.6 is 39.1 Å². The zero-order valence-corrected chi connectivity index (χ0v) is 17.4. The van der Waals surface area contributed by atoms with Gasteiger partial charge in [0.1, 0.15) is 0 Å². The molecule has 0 spiro atoms. The minimum Gasteiger partial charge on any atom is -0.449 e. The highest BCUT2D eigenvalue weighted by molar-refractivity contribution is 9.10. The molecule has 0 aliphatic rings. The van der Waals surface area contributed by atoms with E-state index in [4.69, 9.17) is 32.7 Å². The summed E-state index contributed by atoms with van der Waals surface area (Å²) in [5.41, 5.74) is 3.52. The fourth-order valence-electron chi connectivity index (χ4n) is 2.57. The lowest BCUT2D eigenvalue weighted by atomic mass is 10.1. The fourth-order valence-corrected chi connectivity index (χ4v) is 3.32. The molecule has 0 N–H and O–H groups in total. The molecule has 0 saturated carbocycles. The Morgan fingerprint density at radius 1 is 1.12 bits per heavy atom. The number of ether oxygens (including phenoxy) is 2. The van der Waals surface area contributed by atoms with Crippen molar-refractivity contribution in [3.8, 4) is 22.8 Å². The van der Waals surface area contributed by atoms with Gasteiger partial charge in [0.2, 0.25) is 5.88 Å². The van der Waals surface area contributed by atoms with E-state index in [-0.39, 0.29) is 6.79 Å². The van der Waals surface area contributed by atoms with E-state index in [9.17, 15) is 0 Å². The smallest absolute Gasteiger partial charge is 0.238 e. The summed E-state index contributed by atoms with van der Waals surface area (Å²) < 4.78 is 13.8. The lowest BCUT2D eigenvalue weighted by Gasteiger charge is -2.10. The molecule has 0 saturated heterocycles. The average Bonchev–Trinajstić information content (AvgIpc) is 2.92. The van der Waals surface area contributed by atoms with Gasteiger partial charge >= 0.3 is 0 Å². The summed E-state index contributed by atoms with van der Waals surface area (Å²) in [6.07, 6.45) is 0. The van der Waals surface area contributed by atoms with Crippen molar-refractivity contribution in [3.63, 3.8) is 0 Å². The van der Waals surface area contributed by atoms with Crippen LogP contribution in [0.25, 0.3) is 16.9 Å². The van der Waals surface area contributed by atoms with Crippen molar-refractivity contribution >= 4 is 39.1 Å². The van der Waals surface area contributed by atoms with E-state index in [0.29, 0.717) is 22.5 Å². The van der Waals surface area contributed by atoms with Crippen LogP contribution in [0, 0.1) is 6.92 Å². The lowest BCUT2D eigenvalue weighted by molar-refractivity contribution is 0.0190. The summed E-state index contributed by atoms with van der Waals surface area (Å²) in [5, 5.41) is 5.70. The minimum atomic E-state index is 0.141. The first-order valence-corrected chi connectivity index (χ1v) is 9.57. The number of hydrogen-bond acceptors (Lipinski definition) is 3. The molecule has 3 rings (SSSR count). The number of halogens is 3. The summed E-state index contributed by atoms with van der Waals surface area (Å²) in [4.78, 5) is 0. The SMILES string of the molecule is CCOCOc1nn(-c2ccc(Cl)cc2Cl)c(-c2ccc(Br)cc2)c1C. The van der Waals surface area contributed by atoms with Crippen LogP contribution in [0.5, 0.6) is 5.88 Å². The standard InChI is InChI=1S/C19H17BrCl2N2O2/c1-3-25-11-26-19-12(2)18(13-4-6-14(20)7-5-13)24(23-19)17-9-8-15(21)10-16(17)22/h4-10H,3,11H2,1-2H3. The van der Waals surface area contributed by atoms with Gasteiger partial charge in [0, 0.05) is 27.2 Å². The topological polar surface area (TPSA) is 36.3 Å². The highest BCUT2D eigenvalue weighted by Gasteiger charge is 2.20. The van der Waals surface area contributed by atoms with Gasteiger partial charge in [-0.05, 0) is 44.2 Å². The molecule has 1 heterocycles. The van der Waals surface area contributed by atoms with E-state index in [1.165, 1.54) is 0 Å². The van der Waals surface area contributed by atoms with Crippen molar-refractivity contribution in [1.29, 1.82) is 0 Å². The maximum Gasteiger partial charge on any atom is 0.238 e. The first kappa shape index (κ1) is 19.2. The first-order valence-electron chi connectivity index (χ1n) is 8.02. The molecule has 0 fully saturated rings. The van der Waals surface area contributed by atoms with Crippen molar-refractivity contribution in [2.45, 2.75) is 13.8 Å². The summed E-state index contributed by atoms with van der Waals surface area (Å²) >= 11 is 15.9. The van der Waals surface area contributed by atoms with Crippen LogP contribution < -0.4 is 4.74 Å².